The molecule has 0 amide bonds. The summed E-state index contributed by atoms with van der Waals surface area (Å²) in [7, 11) is 2.21. The number of piperidine rings is 1. The molecule has 0 saturated carbocycles. The molecule has 1 aromatic heterocycles. The predicted molar refractivity (Wildman–Crippen MR) is 74.1 cm³/mol. The fourth-order valence-electron chi connectivity index (χ4n) is 3.77. The minimum Gasteiger partial charge on any atom is -0.300 e. The van der Waals surface area contributed by atoms with Gasteiger partial charge in [-0.1, -0.05) is 6.92 Å². The number of Topliss-reactive ketones (excluding diaryl/α,β-unsaturated/α-hetero) is 1. The van der Waals surface area contributed by atoms with Crippen molar-refractivity contribution in [3.05, 3.63) is 18.0 Å². The number of rotatable bonds is 4. The fraction of sp³-hybridized carbons (Fsp3) is 0.733. The van der Waals surface area contributed by atoms with Crippen LogP contribution in [0.1, 0.15) is 49.5 Å². The van der Waals surface area contributed by atoms with E-state index < -0.39 is 0 Å². The lowest BCUT2D eigenvalue weighted by atomic mass is 9.86. The van der Waals surface area contributed by atoms with Gasteiger partial charge in [-0.05, 0) is 45.2 Å². The molecule has 2 bridgehead atoms. The van der Waals surface area contributed by atoms with Gasteiger partial charge in [0.05, 0.1) is 0 Å². The van der Waals surface area contributed by atoms with Crippen molar-refractivity contribution >= 4 is 5.78 Å². The third-order valence-corrected chi connectivity index (χ3v) is 4.87. The fourth-order valence-corrected chi connectivity index (χ4v) is 3.77. The maximum absolute atomic E-state index is 12.7. The van der Waals surface area contributed by atoms with Crippen LogP contribution in [0.3, 0.4) is 0 Å². The van der Waals surface area contributed by atoms with E-state index >= 15 is 0 Å². The van der Waals surface area contributed by atoms with Gasteiger partial charge in [0.15, 0.2) is 5.78 Å². The van der Waals surface area contributed by atoms with E-state index in [0.717, 1.165) is 31.5 Å². The summed E-state index contributed by atoms with van der Waals surface area (Å²) in [6.45, 7) is 2.96. The third-order valence-electron chi connectivity index (χ3n) is 4.87. The zero-order valence-electron chi connectivity index (χ0n) is 11.9. The molecule has 4 nitrogen and oxygen atoms in total. The van der Waals surface area contributed by atoms with Gasteiger partial charge in [0.25, 0.3) is 0 Å². The van der Waals surface area contributed by atoms with Gasteiger partial charge in [0, 0.05) is 30.7 Å². The van der Waals surface area contributed by atoms with Crippen LogP contribution in [0.5, 0.6) is 0 Å². The molecule has 0 aromatic carbocycles. The topological polar surface area (TPSA) is 38.1 Å². The average molecular weight is 261 g/mol. The van der Waals surface area contributed by atoms with Crippen LogP contribution >= 0.6 is 0 Å². The van der Waals surface area contributed by atoms with E-state index in [2.05, 4.69) is 24.0 Å². The lowest BCUT2D eigenvalue weighted by Gasteiger charge is -2.35. The normalized spacial score (nSPS) is 30.7. The van der Waals surface area contributed by atoms with Gasteiger partial charge in [-0.2, -0.15) is 5.10 Å². The van der Waals surface area contributed by atoms with Crippen LogP contribution in [0, 0.1) is 5.92 Å². The van der Waals surface area contributed by atoms with E-state index in [0.29, 0.717) is 17.9 Å². The van der Waals surface area contributed by atoms with Crippen LogP contribution in [-0.2, 0) is 6.54 Å². The van der Waals surface area contributed by atoms with E-state index in [4.69, 9.17) is 0 Å². The lowest BCUT2D eigenvalue weighted by molar-refractivity contribution is 0.0756. The van der Waals surface area contributed by atoms with Gasteiger partial charge in [-0.25, -0.2) is 0 Å². The van der Waals surface area contributed by atoms with E-state index in [1.807, 2.05) is 10.7 Å². The first-order valence-electron chi connectivity index (χ1n) is 7.48. The summed E-state index contributed by atoms with van der Waals surface area (Å²) in [4.78, 5) is 15.2. The van der Waals surface area contributed by atoms with Crippen LogP contribution in [0.2, 0.25) is 0 Å². The summed E-state index contributed by atoms with van der Waals surface area (Å²) in [5.74, 6) is 0.525. The standard InChI is InChI=1S/C15H23N3O/c1-3-8-18-14(6-7-16-18)15(19)11-9-12-4-5-13(10-11)17(12)2/h6-7,11-13H,3-5,8-10H2,1-2H3. The molecule has 19 heavy (non-hydrogen) atoms. The van der Waals surface area contributed by atoms with Crippen molar-refractivity contribution in [1.29, 1.82) is 0 Å². The number of aromatic nitrogens is 2. The van der Waals surface area contributed by atoms with Crippen LogP contribution in [0.4, 0.5) is 0 Å². The van der Waals surface area contributed by atoms with E-state index in [1.165, 1.54) is 12.8 Å². The van der Waals surface area contributed by atoms with Crippen molar-refractivity contribution in [3.63, 3.8) is 0 Å². The van der Waals surface area contributed by atoms with Gasteiger partial charge in [0.1, 0.15) is 5.69 Å². The van der Waals surface area contributed by atoms with Crippen molar-refractivity contribution in [2.24, 2.45) is 5.92 Å². The Morgan fingerprint density at radius 1 is 1.37 bits per heavy atom. The van der Waals surface area contributed by atoms with E-state index in [1.54, 1.807) is 6.20 Å². The molecule has 0 N–H and O–H groups in total. The summed E-state index contributed by atoms with van der Waals surface area (Å²) in [5, 5.41) is 4.28. The third kappa shape index (κ3) is 2.22. The van der Waals surface area contributed by atoms with Gasteiger partial charge in [-0.3, -0.25) is 9.48 Å². The Bertz CT molecular complexity index is 454. The van der Waals surface area contributed by atoms with Crippen LogP contribution in [0.25, 0.3) is 0 Å². The van der Waals surface area contributed by atoms with Gasteiger partial charge >= 0.3 is 0 Å². The highest BCUT2D eigenvalue weighted by atomic mass is 16.1. The number of aryl methyl sites for hydroxylation is 1. The molecule has 4 heteroatoms. The second-order valence-electron chi connectivity index (χ2n) is 6.02. The second kappa shape index (κ2) is 5.08. The minimum atomic E-state index is 0.209. The number of carbonyl (C=O) groups is 1. The van der Waals surface area contributed by atoms with Crippen molar-refractivity contribution in [2.45, 2.75) is 57.7 Å². The van der Waals surface area contributed by atoms with E-state index in [-0.39, 0.29) is 5.92 Å². The Hall–Kier alpha value is -1.16. The number of hydrogen-bond acceptors (Lipinski definition) is 3. The molecule has 1 aromatic rings. The smallest absolute Gasteiger partial charge is 0.184 e. The minimum absolute atomic E-state index is 0.209. The van der Waals surface area contributed by atoms with Crippen molar-refractivity contribution in [2.75, 3.05) is 7.05 Å². The Kier molecular flexibility index (Phi) is 3.44. The molecule has 2 aliphatic heterocycles. The van der Waals surface area contributed by atoms with Gasteiger partial charge in [-0.15, -0.1) is 0 Å². The van der Waals surface area contributed by atoms with Crippen LogP contribution in [-0.4, -0.2) is 39.6 Å². The number of carbonyl (C=O) groups excluding carboxylic acids is 1. The maximum Gasteiger partial charge on any atom is 0.184 e. The summed E-state index contributed by atoms with van der Waals surface area (Å²) in [5.41, 5.74) is 0.816. The molecule has 2 fully saturated rings. The number of nitrogens with zero attached hydrogens (tertiary/aromatic N) is 3. The molecule has 3 rings (SSSR count). The average Bonchev–Trinajstić information content (AvgIpc) is 2.91. The predicted octanol–water partition coefficient (Wildman–Crippen LogP) is 2.35. The number of hydrogen-bond donors (Lipinski definition) is 0. The maximum atomic E-state index is 12.7. The Morgan fingerprint density at radius 2 is 2.05 bits per heavy atom. The molecular weight excluding hydrogens is 238 g/mol. The SMILES string of the molecule is CCCn1nccc1C(=O)C1CC2CCC(C1)N2C. The van der Waals surface area contributed by atoms with Crippen molar-refractivity contribution in [3.8, 4) is 0 Å². The summed E-state index contributed by atoms with van der Waals surface area (Å²) in [6.07, 6.45) is 7.36. The molecule has 0 aliphatic carbocycles. The molecule has 104 valence electrons. The largest absolute Gasteiger partial charge is 0.300 e. The highest BCUT2D eigenvalue weighted by Crippen LogP contribution is 2.38. The summed E-state index contributed by atoms with van der Waals surface area (Å²) in [6, 6.07) is 3.13. The second-order valence-corrected chi connectivity index (χ2v) is 6.02. The number of fused-ring (bicyclic) bond motifs is 2. The van der Waals surface area contributed by atoms with Crippen LogP contribution < -0.4 is 0 Å². The first-order valence-corrected chi connectivity index (χ1v) is 7.48. The Morgan fingerprint density at radius 3 is 2.68 bits per heavy atom. The molecular formula is C15H23N3O. The van der Waals surface area contributed by atoms with Crippen molar-refractivity contribution in [1.82, 2.24) is 14.7 Å². The molecule has 2 atom stereocenters. The molecule has 0 radical (unpaired) electrons. The highest BCUT2D eigenvalue weighted by molar-refractivity contribution is 5.96. The zero-order valence-corrected chi connectivity index (χ0v) is 11.9. The highest BCUT2D eigenvalue weighted by Gasteiger charge is 2.41. The quantitative estimate of drug-likeness (QED) is 0.781. The zero-order chi connectivity index (χ0) is 13.4. The monoisotopic (exact) mass is 261 g/mol. The van der Waals surface area contributed by atoms with Gasteiger partial charge in [0.2, 0.25) is 0 Å². The Labute approximate surface area is 114 Å². The molecule has 0 spiro atoms. The lowest BCUT2D eigenvalue weighted by Crippen LogP contribution is -2.42. The van der Waals surface area contributed by atoms with Gasteiger partial charge < -0.3 is 4.90 Å². The number of ketones is 1. The molecule has 2 saturated heterocycles. The first kappa shape index (κ1) is 12.9. The van der Waals surface area contributed by atoms with E-state index in [9.17, 15) is 4.79 Å². The van der Waals surface area contributed by atoms with Crippen molar-refractivity contribution < 1.29 is 4.79 Å². The molecule has 2 aliphatic rings. The summed E-state index contributed by atoms with van der Waals surface area (Å²) >= 11 is 0. The molecule has 3 heterocycles. The molecule has 2 unspecified atom stereocenters. The Balaban J connectivity index is 1.76. The van der Waals surface area contributed by atoms with Crippen LogP contribution in [0.15, 0.2) is 12.3 Å². The summed E-state index contributed by atoms with van der Waals surface area (Å²) < 4.78 is 1.88. The first-order chi connectivity index (χ1) is 9.20.